The predicted molar refractivity (Wildman–Crippen MR) is 115 cm³/mol. The van der Waals surface area contributed by atoms with Gasteiger partial charge >= 0.3 is 0 Å². The van der Waals surface area contributed by atoms with Crippen LogP contribution in [0.1, 0.15) is 34.3 Å². The maximum Gasteiger partial charge on any atom is 0.251 e. The third kappa shape index (κ3) is 5.96. The minimum Gasteiger partial charge on any atom is -0.354 e. The molecule has 2 amide bonds. The van der Waals surface area contributed by atoms with Gasteiger partial charge in [-0.2, -0.15) is 0 Å². The van der Waals surface area contributed by atoms with Crippen LogP contribution in [-0.4, -0.2) is 34.4 Å². The summed E-state index contributed by atoms with van der Waals surface area (Å²) in [6.45, 7) is 4.15. The lowest BCUT2D eigenvalue weighted by molar-refractivity contribution is -0.122. The molecule has 0 aliphatic carbocycles. The second-order valence-electron chi connectivity index (χ2n) is 6.82. The molecule has 2 N–H and O–H groups in total. The fourth-order valence-electron chi connectivity index (χ4n) is 2.82. The topological polar surface area (TPSA) is 84.0 Å². The van der Waals surface area contributed by atoms with Crippen molar-refractivity contribution in [3.63, 3.8) is 0 Å². The van der Waals surface area contributed by atoms with Crippen molar-refractivity contribution >= 4 is 23.2 Å². The van der Waals surface area contributed by atoms with Crippen LogP contribution in [0, 0.1) is 6.92 Å². The van der Waals surface area contributed by atoms with Gasteiger partial charge in [0.15, 0.2) is 0 Å². The van der Waals surface area contributed by atoms with E-state index in [1.165, 1.54) is 0 Å². The van der Waals surface area contributed by atoms with Crippen LogP contribution in [0.25, 0.3) is 11.3 Å². The molecule has 150 valence electrons. The Bertz CT molecular complexity index is 972. The summed E-state index contributed by atoms with van der Waals surface area (Å²) in [6.07, 6.45) is 5.08. The quantitative estimate of drug-likeness (QED) is 0.560. The smallest absolute Gasteiger partial charge is 0.251 e. The number of nitrogens with one attached hydrogen (secondary N) is 2. The van der Waals surface area contributed by atoms with Gasteiger partial charge in [-0.05, 0) is 44.5 Å². The Morgan fingerprint density at radius 3 is 2.72 bits per heavy atom. The normalized spacial score (nSPS) is 11.7. The molecule has 0 radical (unpaired) electrons. The van der Waals surface area contributed by atoms with Crippen molar-refractivity contribution in [2.24, 2.45) is 0 Å². The van der Waals surface area contributed by atoms with Gasteiger partial charge in [0.25, 0.3) is 5.91 Å². The van der Waals surface area contributed by atoms with Crippen molar-refractivity contribution in [2.75, 3.05) is 6.54 Å². The van der Waals surface area contributed by atoms with Gasteiger partial charge in [-0.3, -0.25) is 14.6 Å². The van der Waals surface area contributed by atoms with Gasteiger partial charge in [-0.25, -0.2) is 4.98 Å². The third-order valence-electron chi connectivity index (χ3n) is 4.42. The largest absolute Gasteiger partial charge is 0.354 e. The van der Waals surface area contributed by atoms with Crippen molar-refractivity contribution in [1.29, 1.82) is 0 Å². The molecule has 0 aliphatic heterocycles. The molecule has 0 saturated heterocycles. The van der Waals surface area contributed by atoms with Crippen LogP contribution in [0.5, 0.6) is 0 Å². The molecule has 2 heterocycles. The molecule has 0 bridgehead atoms. The highest BCUT2D eigenvalue weighted by molar-refractivity contribution is 7.09. The summed E-state index contributed by atoms with van der Waals surface area (Å²) in [4.78, 5) is 33.1. The Morgan fingerprint density at radius 1 is 1.17 bits per heavy atom. The summed E-state index contributed by atoms with van der Waals surface area (Å²) in [6, 6.07) is 10.6. The summed E-state index contributed by atoms with van der Waals surface area (Å²) in [5.74, 6) is -0.439. The standard InChI is InChI=1S/C22H24N4O2S/c1-15-5-3-6-18(13-15)22(28)25-16(2)21(27)24-10-4-7-20-26-19(14-29-20)17-8-11-23-12-9-17/h3,5-6,8-9,11-14,16H,4,7,10H2,1-2H3,(H,24,27)(H,25,28). The van der Waals surface area contributed by atoms with Crippen LogP contribution in [0.2, 0.25) is 0 Å². The van der Waals surface area contributed by atoms with E-state index in [9.17, 15) is 9.59 Å². The van der Waals surface area contributed by atoms with Crippen molar-refractivity contribution in [3.8, 4) is 11.3 Å². The second-order valence-corrected chi connectivity index (χ2v) is 7.76. The molecule has 1 unspecified atom stereocenters. The Hall–Kier alpha value is -3.06. The Kier molecular flexibility index (Phi) is 7.08. The van der Waals surface area contributed by atoms with Crippen molar-refractivity contribution in [3.05, 3.63) is 70.3 Å². The highest BCUT2D eigenvalue weighted by Crippen LogP contribution is 2.21. The summed E-state index contributed by atoms with van der Waals surface area (Å²) in [5, 5.41) is 8.68. The summed E-state index contributed by atoms with van der Waals surface area (Å²) >= 11 is 1.62. The number of hydrogen-bond acceptors (Lipinski definition) is 5. The van der Waals surface area contributed by atoms with E-state index in [2.05, 4.69) is 20.6 Å². The van der Waals surface area contributed by atoms with E-state index >= 15 is 0 Å². The number of aryl methyl sites for hydroxylation is 2. The fourth-order valence-corrected chi connectivity index (χ4v) is 3.67. The van der Waals surface area contributed by atoms with E-state index in [-0.39, 0.29) is 11.8 Å². The van der Waals surface area contributed by atoms with Crippen LogP contribution < -0.4 is 10.6 Å². The number of hydrogen-bond donors (Lipinski definition) is 2. The molecule has 3 aromatic rings. The molecule has 0 saturated carbocycles. The lowest BCUT2D eigenvalue weighted by Crippen LogP contribution is -2.45. The zero-order chi connectivity index (χ0) is 20.6. The number of pyridine rings is 1. The number of rotatable bonds is 8. The Balaban J connectivity index is 1.40. The lowest BCUT2D eigenvalue weighted by Gasteiger charge is -2.14. The van der Waals surface area contributed by atoms with Gasteiger partial charge in [0.1, 0.15) is 6.04 Å². The van der Waals surface area contributed by atoms with Gasteiger partial charge < -0.3 is 10.6 Å². The van der Waals surface area contributed by atoms with Gasteiger partial charge in [-0.15, -0.1) is 11.3 Å². The molecule has 0 fully saturated rings. The van der Waals surface area contributed by atoms with Crippen LogP contribution in [0.3, 0.4) is 0 Å². The van der Waals surface area contributed by atoms with E-state index in [4.69, 9.17) is 0 Å². The highest BCUT2D eigenvalue weighted by Gasteiger charge is 2.16. The molecule has 1 atom stereocenters. The van der Waals surface area contributed by atoms with Crippen LogP contribution >= 0.6 is 11.3 Å². The zero-order valence-corrected chi connectivity index (χ0v) is 17.3. The summed E-state index contributed by atoms with van der Waals surface area (Å²) in [5.41, 5.74) is 3.56. The van der Waals surface area contributed by atoms with Gasteiger partial charge in [0, 0.05) is 41.9 Å². The first kappa shape index (κ1) is 20.7. The number of carbonyl (C=O) groups is 2. The summed E-state index contributed by atoms with van der Waals surface area (Å²) in [7, 11) is 0. The SMILES string of the molecule is Cc1cccc(C(=O)NC(C)C(=O)NCCCc2nc(-c3ccncc3)cs2)c1. The minimum absolute atomic E-state index is 0.192. The lowest BCUT2D eigenvalue weighted by atomic mass is 10.1. The predicted octanol–water partition coefficient (Wildman–Crippen LogP) is 3.38. The molecule has 1 aromatic carbocycles. The van der Waals surface area contributed by atoms with E-state index in [1.54, 1.807) is 42.8 Å². The molecule has 3 rings (SSSR count). The number of thiazole rings is 1. The van der Waals surface area contributed by atoms with Gasteiger partial charge in [-0.1, -0.05) is 17.7 Å². The maximum absolute atomic E-state index is 12.2. The molecular weight excluding hydrogens is 384 g/mol. The average molecular weight is 409 g/mol. The van der Waals surface area contributed by atoms with Crippen LogP contribution in [-0.2, 0) is 11.2 Å². The number of nitrogens with zero attached hydrogens (tertiary/aromatic N) is 2. The number of aromatic nitrogens is 2. The van der Waals surface area contributed by atoms with Crippen LogP contribution in [0.15, 0.2) is 54.2 Å². The number of carbonyl (C=O) groups excluding carboxylic acids is 2. The second kappa shape index (κ2) is 9.93. The third-order valence-corrected chi connectivity index (χ3v) is 5.32. The highest BCUT2D eigenvalue weighted by atomic mass is 32.1. The van der Waals surface area contributed by atoms with Crippen molar-refractivity contribution < 1.29 is 9.59 Å². The van der Waals surface area contributed by atoms with E-state index in [0.717, 1.165) is 34.7 Å². The summed E-state index contributed by atoms with van der Waals surface area (Å²) < 4.78 is 0. The molecule has 0 spiro atoms. The van der Waals surface area contributed by atoms with Gasteiger partial charge in [0.2, 0.25) is 5.91 Å². The molecular formula is C22H24N4O2S. The fraction of sp³-hybridized carbons (Fsp3) is 0.273. The first-order chi connectivity index (χ1) is 14.0. The van der Waals surface area contributed by atoms with Crippen LogP contribution in [0.4, 0.5) is 0 Å². The number of benzene rings is 1. The van der Waals surface area contributed by atoms with Crippen molar-refractivity contribution in [1.82, 2.24) is 20.6 Å². The van der Waals surface area contributed by atoms with Crippen molar-refractivity contribution in [2.45, 2.75) is 32.7 Å². The molecule has 6 nitrogen and oxygen atoms in total. The maximum atomic E-state index is 12.2. The van der Waals surface area contributed by atoms with E-state index in [1.807, 2.05) is 36.6 Å². The molecule has 0 aliphatic rings. The number of amides is 2. The molecule has 2 aromatic heterocycles. The Morgan fingerprint density at radius 2 is 1.97 bits per heavy atom. The molecule has 29 heavy (non-hydrogen) atoms. The molecule has 7 heteroatoms. The average Bonchev–Trinajstić information content (AvgIpc) is 3.20. The van der Waals surface area contributed by atoms with E-state index < -0.39 is 6.04 Å². The van der Waals surface area contributed by atoms with Gasteiger partial charge in [0.05, 0.1) is 10.7 Å². The minimum atomic E-state index is -0.596. The first-order valence-corrected chi connectivity index (χ1v) is 10.4. The monoisotopic (exact) mass is 408 g/mol. The van der Waals surface area contributed by atoms with E-state index in [0.29, 0.717) is 12.1 Å². The zero-order valence-electron chi connectivity index (χ0n) is 16.5. The Labute approximate surface area is 174 Å². The first-order valence-electron chi connectivity index (χ1n) is 9.53.